The van der Waals surface area contributed by atoms with Crippen molar-refractivity contribution in [3.8, 4) is 5.69 Å². The van der Waals surface area contributed by atoms with Crippen molar-refractivity contribution in [3.05, 3.63) is 51.4 Å². The molecule has 2 aromatic rings. The zero-order chi connectivity index (χ0) is 13.1. The van der Waals surface area contributed by atoms with Gasteiger partial charge >= 0.3 is 0 Å². The molecule has 2 rings (SSSR count). The van der Waals surface area contributed by atoms with Gasteiger partial charge in [0, 0.05) is 11.3 Å². The first kappa shape index (κ1) is 12.6. The summed E-state index contributed by atoms with van der Waals surface area (Å²) in [5, 5.41) is 6.20. The Balaban J connectivity index is 2.40. The van der Waals surface area contributed by atoms with Crippen molar-refractivity contribution in [1.29, 1.82) is 0 Å². The topological polar surface area (TPSA) is 49.8 Å². The van der Waals surface area contributed by atoms with Crippen molar-refractivity contribution < 1.29 is 0 Å². The summed E-state index contributed by atoms with van der Waals surface area (Å²) in [6, 6.07) is 7.92. The average Bonchev–Trinajstić information content (AvgIpc) is 2.64. The van der Waals surface area contributed by atoms with Gasteiger partial charge in [-0.25, -0.2) is 4.68 Å². The van der Waals surface area contributed by atoms with Gasteiger partial charge in [-0.3, -0.25) is 9.89 Å². The van der Waals surface area contributed by atoms with Crippen LogP contribution in [0.15, 0.2) is 29.1 Å². The van der Waals surface area contributed by atoms with E-state index in [2.05, 4.69) is 10.4 Å². The zero-order valence-electron chi connectivity index (χ0n) is 11.1. The molecule has 0 amide bonds. The van der Waals surface area contributed by atoms with Crippen molar-refractivity contribution >= 4 is 0 Å². The van der Waals surface area contributed by atoms with Gasteiger partial charge in [0.2, 0.25) is 0 Å². The van der Waals surface area contributed by atoms with Gasteiger partial charge < -0.3 is 5.32 Å². The van der Waals surface area contributed by atoms with E-state index in [4.69, 9.17) is 0 Å². The molecular formula is C14H19N3O. The van der Waals surface area contributed by atoms with E-state index < -0.39 is 0 Å². The Morgan fingerprint density at radius 2 is 1.89 bits per heavy atom. The summed E-state index contributed by atoms with van der Waals surface area (Å²) in [6.07, 6.45) is 0.747. The van der Waals surface area contributed by atoms with Crippen molar-refractivity contribution in [1.82, 2.24) is 15.1 Å². The van der Waals surface area contributed by atoms with Crippen LogP contribution in [-0.2, 0) is 6.42 Å². The minimum atomic E-state index is 0.0478. The highest BCUT2D eigenvalue weighted by Crippen LogP contribution is 2.08. The van der Waals surface area contributed by atoms with Gasteiger partial charge in [-0.1, -0.05) is 17.7 Å². The molecule has 0 bridgehead atoms. The third-order valence-corrected chi connectivity index (χ3v) is 3.11. The summed E-state index contributed by atoms with van der Waals surface area (Å²) >= 11 is 0. The SMILES string of the molecule is CNCCc1c(C)[nH]n(-c2ccc(C)cc2)c1=O. The molecule has 0 saturated heterocycles. The van der Waals surface area contributed by atoms with Crippen molar-refractivity contribution in [2.75, 3.05) is 13.6 Å². The Morgan fingerprint density at radius 3 is 2.50 bits per heavy atom. The lowest BCUT2D eigenvalue weighted by molar-refractivity contribution is 0.783. The molecule has 1 heterocycles. The third-order valence-electron chi connectivity index (χ3n) is 3.11. The summed E-state index contributed by atoms with van der Waals surface area (Å²) < 4.78 is 1.61. The summed E-state index contributed by atoms with van der Waals surface area (Å²) in [7, 11) is 1.89. The Bertz CT molecular complexity index is 578. The highest BCUT2D eigenvalue weighted by atomic mass is 16.1. The second kappa shape index (κ2) is 5.23. The molecule has 0 saturated carbocycles. The molecule has 1 aromatic carbocycles. The molecule has 0 radical (unpaired) electrons. The molecule has 0 aliphatic carbocycles. The van der Waals surface area contributed by atoms with Crippen LogP contribution in [0.3, 0.4) is 0 Å². The third kappa shape index (κ3) is 2.38. The predicted molar refractivity (Wildman–Crippen MR) is 73.5 cm³/mol. The Morgan fingerprint density at radius 1 is 1.22 bits per heavy atom. The smallest absolute Gasteiger partial charge is 0.274 e. The van der Waals surface area contributed by atoms with E-state index in [1.807, 2.05) is 45.2 Å². The van der Waals surface area contributed by atoms with Crippen LogP contribution in [0.2, 0.25) is 0 Å². The number of nitrogens with one attached hydrogen (secondary N) is 2. The van der Waals surface area contributed by atoms with Gasteiger partial charge in [-0.2, -0.15) is 0 Å². The molecule has 0 unspecified atom stereocenters. The van der Waals surface area contributed by atoms with E-state index in [0.717, 1.165) is 29.9 Å². The Kier molecular flexibility index (Phi) is 3.67. The summed E-state index contributed by atoms with van der Waals surface area (Å²) in [6.45, 7) is 4.78. The molecular weight excluding hydrogens is 226 g/mol. The first-order valence-electron chi connectivity index (χ1n) is 6.15. The fraction of sp³-hybridized carbons (Fsp3) is 0.357. The van der Waals surface area contributed by atoms with E-state index >= 15 is 0 Å². The van der Waals surface area contributed by atoms with Gasteiger partial charge in [-0.05, 0) is 46.0 Å². The summed E-state index contributed by atoms with van der Waals surface area (Å²) in [4.78, 5) is 12.3. The number of rotatable bonds is 4. The quantitative estimate of drug-likeness (QED) is 0.858. The van der Waals surface area contributed by atoms with Crippen LogP contribution in [0.25, 0.3) is 5.69 Å². The standard InChI is InChI=1S/C14H19N3O/c1-10-4-6-12(7-5-10)17-14(18)13(8-9-15-3)11(2)16-17/h4-7,15-16H,8-9H2,1-3H3. The molecule has 0 aliphatic rings. The number of H-pyrrole nitrogens is 1. The number of aryl methyl sites for hydroxylation is 2. The van der Waals surface area contributed by atoms with Crippen LogP contribution in [0, 0.1) is 13.8 Å². The van der Waals surface area contributed by atoms with Crippen molar-refractivity contribution in [2.24, 2.45) is 0 Å². The summed E-state index contributed by atoms with van der Waals surface area (Å²) in [5.74, 6) is 0. The zero-order valence-corrected chi connectivity index (χ0v) is 11.1. The van der Waals surface area contributed by atoms with Gasteiger partial charge in [0.15, 0.2) is 0 Å². The number of aromatic amines is 1. The first-order valence-corrected chi connectivity index (χ1v) is 6.15. The van der Waals surface area contributed by atoms with Crippen LogP contribution in [0.4, 0.5) is 0 Å². The van der Waals surface area contributed by atoms with Gasteiger partial charge in [0.1, 0.15) is 0 Å². The lowest BCUT2D eigenvalue weighted by Crippen LogP contribution is -2.20. The van der Waals surface area contributed by atoms with Gasteiger partial charge in [-0.15, -0.1) is 0 Å². The molecule has 0 spiro atoms. The minimum Gasteiger partial charge on any atom is -0.319 e. The van der Waals surface area contributed by atoms with Crippen LogP contribution < -0.4 is 10.9 Å². The highest BCUT2D eigenvalue weighted by Gasteiger charge is 2.11. The monoisotopic (exact) mass is 245 g/mol. The average molecular weight is 245 g/mol. The molecule has 0 aliphatic heterocycles. The molecule has 96 valence electrons. The maximum atomic E-state index is 12.3. The molecule has 4 heteroatoms. The fourth-order valence-electron chi connectivity index (χ4n) is 2.00. The maximum Gasteiger partial charge on any atom is 0.274 e. The number of nitrogens with zero attached hydrogens (tertiary/aromatic N) is 1. The van der Waals surface area contributed by atoms with Crippen LogP contribution in [0.5, 0.6) is 0 Å². The Labute approximate surface area is 107 Å². The lowest BCUT2D eigenvalue weighted by Gasteiger charge is -2.01. The fourth-order valence-corrected chi connectivity index (χ4v) is 2.00. The van der Waals surface area contributed by atoms with Crippen molar-refractivity contribution in [3.63, 3.8) is 0 Å². The maximum absolute atomic E-state index is 12.3. The molecule has 2 N–H and O–H groups in total. The highest BCUT2D eigenvalue weighted by molar-refractivity contribution is 5.35. The number of aromatic nitrogens is 2. The van der Waals surface area contributed by atoms with Crippen LogP contribution in [-0.4, -0.2) is 23.4 Å². The first-order chi connectivity index (χ1) is 8.63. The number of hydrogen-bond acceptors (Lipinski definition) is 2. The lowest BCUT2D eigenvalue weighted by atomic mass is 10.2. The predicted octanol–water partition coefficient (Wildman–Crippen LogP) is 1.54. The molecule has 1 aromatic heterocycles. The minimum absolute atomic E-state index is 0.0478. The number of likely N-dealkylation sites (N-methyl/N-ethyl adjacent to an activating group) is 1. The van der Waals surface area contributed by atoms with Gasteiger partial charge in [0.25, 0.3) is 5.56 Å². The number of benzene rings is 1. The largest absolute Gasteiger partial charge is 0.319 e. The second-order valence-corrected chi connectivity index (χ2v) is 4.55. The van der Waals surface area contributed by atoms with Crippen molar-refractivity contribution in [2.45, 2.75) is 20.3 Å². The van der Waals surface area contributed by atoms with Crippen LogP contribution in [0.1, 0.15) is 16.8 Å². The van der Waals surface area contributed by atoms with Crippen LogP contribution >= 0.6 is 0 Å². The second-order valence-electron chi connectivity index (χ2n) is 4.55. The number of hydrogen-bond donors (Lipinski definition) is 2. The Hall–Kier alpha value is -1.81. The molecule has 18 heavy (non-hydrogen) atoms. The van der Waals surface area contributed by atoms with Gasteiger partial charge in [0.05, 0.1) is 5.69 Å². The normalized spacial score (nSPS) is 10.8. The van der Waals surface area contributed by atoms with E-state index in [0.29, 0.717) is 0 Å². The van der Waals surface area contributed by atoms with E-state index in [-0.39, 0.29) is 5.56 Å². The van der Waals surface area contributed by atoms with E-state index in [1.165, 1.54) is 5.56 Å². The van der Waals surface area contributed by atoms with E-state index in [1.54, 1.807) is 4.68 Å². The molecule has 0 atom stereocenters. The summed E-state index contributed by atoms with van der Waals surface area (Å²) in [5.41, 5.74) is 3.90. The molecule has 4 nitrogen and oxygen atoms in total. The van der Waals surface area contributed by atoms with E-state index in [9.17, 15) is 4.79 Å². The molecule has 0 fully saturated rings.